The van der Waals surface area contributed by atoms with Gasteiger partial charge in [0.25, 0.3) is 0 Å². The molecule has 3 heteroatoms. The van der Waals surface area contributed by atoms with E-state index in [9.17, 15) is 4.79 Å². The molecule has 0 aromatic rings. The summed E-state index contributed by atoms with van der Waals surface area (Å²) in [6.45, 7) is 17.6. The fraction of sp³-hybridized carbons (Fsp3) is 0.690. The van der Waals surface area contributed by atoms with Gasteiger partial charge in [-0.05, 0) is 50.4 Å². The Morgan fingerprint density at radius 1 is 0.844 bits per heavy atom. The second kappa shape index (κ2) is 24.0. The van der Waals surface area contributed by atoms with Gasteiger partial charge in [-0.25, -0.2) is 4.79 Å². The number of aliphatic hydroxyl groups is 1. The third kappa shape index (κ3) is 21.6. The summed E-state index contributed by atoms with van der Waals surface area (Å²) < 4.78 is 4.56. The van der Waals surface area contributed by atoms with Gasteiger partial charge in [0.2, 0.25) is 0 Å². The van der Waals surface area contributed by atoms with Crippen LogP contribution in [-0.2, 0) is 9.53 Å². The highest BCUT2D eigenvalue weighted by molar-refractivity contribution is 5.82. The minimum Gasteiger partial charge on any atom is -0.466 e. The molecule has 0 spiro atoms. The van der Waals surface area contributed by atoms with Crippen molar-refractivity contribution in [2.45, 2.75) is 95.9 Å². The van der Waals surface area contributed by atoms with Crippen molar-refractivity contribution >= 4 is 5.97 Å². The maximum absolute atomic E-state index is 11.0. The van der Waals surface area contributed by atoms with Crippen LogP contribution in [0.2, 0.25) is 0 Å². The Hall–Kier alpha value is -1.61. The molecule has 3 nitrogen and oxygen atoms in total. The number of allylic oxidation sites excluding steroid dienone is 6. The van der Waals surface area contributed by atoms with Crippen LogP contribution >= 0.6 is 0 Å². The molecule has 4 atom stereocenters. The molecular formula is C29H56O3. The number of hydrogen-bond donors (Lipinski definition) is 1. The fourth-order valence-corrected chi connectivity index (χ4v) is 2.62. The molecule has 0 aromatic carbocycles. The van der Waals surface area contributed by atoms with E-state index in [1.54, 1.807) is 0 Å². The molecule has 0 aliphatic carbocycles. The molecule has 0 saturated carbocycles. The van der Waals surface area contributed by atoms with Crippen LogP contribution in [0.5, 0.6) is 0 Å². The van der Waals surface area contributed by atoms with Gasteiger partial charge in [0, 0.05) is 6.08 Å². The molecule has 0 aliphatic rings. The summed E-state index contributed by atoms with van der Waals surface area (Å²) in [5.74, 6) is 2.44. The number of esters is 1. The number of hydrogen-bond acceptors (Lipinski definition) is 3. The second-order valence-corrected chi connectivity index (χ2v) is 8.50. The largest absolute Gasteiger partial charge is 0.466 e. The Bertz CT molecular complexity index is 555. The molecule has 1 N–H and O–H groups in total. The standard InChI is InChI=1S/C14H24O2.C13H24O.2CH4/c1-6-12(3)13(4)9-7-8-11(2)10-14(15)16-5;1-5-12(3)13(4)8-6-7-11(2)9-10-14;;/h7,9-10,12-13H,6,8H2,1-5H3;6,8-9,12-14H,5,7,10H2,1-4H3;2*1H4/b9-7+,11-10+;8-6+,11-9+;;/t2*12-,13-;;/m00../s1. The first-order valence-corrected chi connectivity index (χ1v) is 11.5. The first-order valence-electron chi connectivity index (χ1n) is 11.5. The molecule has 0 unspecified atom stereocenters. The SMILES string of the molecule is C.C.CC[C@H](C)[C@@H](C)/C=C/C/C(C)=C/C(=O)OC.CC[C@H](C)[C@@H](C)/C=C/C/C(C)=C/CO. The third-order valence-corrected chi connectivity index (χ3v) is 5.85. The van der Waals surface area contributed by atoms with Gasteiger partial charge in [0.1, 0.15) is 0 Å². The molecule has 0 saturated heterocycles. The van der Waals surface area contributed by atoms with Crippen molar-refractivity contribution in [1.29, 1.82) is 0 Å². The highest BCUT2D eigenvalue weighted by Gasteiger charge is 2.06. The van der Waals surface area contributed by atoms with E-state index in [1.165, 1.54) is 31.6 Å². The van der Waals surface area contributed by atoms with Crippen LogP contribution in [0.15, 0.2) is 47.6 Å². The lowest BCUT2D eigenvalue weighted by Crippen LogP contribution is -2.03. The topological polar surface area (TPSA) is 46.5 Å². The van der Waals surface area contributed by atoms with E-state index in [0.717, 1.165) is 24.3 Å². The van der Waals surface area contributed by atoms with Crippen molar-refractivity contribution in [2.75, 3.05) is 13.7 Å². The molecule has 0 radical (unpaired) electrons. The van der Waals surface area contributed by atoms with Crippen LogP contribution in [0.1, 0.15) is 95.9 Å². The first kappa shape index (κ1) is 37.7. The molecule has 0 fully saturated rings. The van der Waals surface area contributed by atoms with Crippen LogP contribution in [0.3, 0.4) is 0 Å². The van der Waals surface area contributed by atoms with Crippen molar-refractivity contribution in [2.24, 2.45) is 23.7 Å². The number of carbonyl (C=O) groups excluding carboxylic acids is 1. The van der Waals surface area contributed by atoms with Crippen LogP contribution in [-0.4, -0.2) is 24.8 Å². The van der Waals surface area contributed by atoms with Crippen LogP contribution in [0.25, 0.3) is 0 Å². The minimum atomic E-state index is -0.277. The van der Waals surface area contributed by atoms with Gasteiger partial charge in [-0.3, -0.25) is 0 Å². The van der Waals surface area contributed by atoms with Gasteiger partial charge in [-0.1, -0.05) is 111 Å². The van der Waals surface area contributed by atoms with Gasteiger partial charge in [0.15, 0.2) is 0 Å². The molecule has 32 heavy (non-hydrogen) atoms. The molecular weight excluding hydrogens is 396 g/mol. The van der Waals surface area contributed by atoms with Crippen LogP contribution in [0, 0.1) is 23.7 Å². The Balaban J connectivity index is -0.000000232. The summed E-state index contributed by atoms with van der Waals surface area (Å²) in [6.07, 6.45) is 16.4. The monoisotopic (exact) mass is 452 g/mol. The molecule has 0 rings (SSSR count). The normalized spacial score (nSPS) is 15.7. The van der Waals surface area contributed by atoms with Crippen molar-refractivity contribution < 1.29 is 14.6 Å². The summed E-state index contributed by atoms with van der Waals surface area (Å²) in [6, 6.07) is 0. The maximum Gasteiger partial charge on any atom is 0.330 e. The number of ether oxygens (including phenoxy) is 1. The lowest BCUT2D eigenvalue weighted by Gasteiger charge is -2.13. The van der Waals surface area contributed by atoms with Crippen molar-refractivity contribution in [3.63, 3.8) is 0 Å². The van der Waals surface area contributed by atoms with E-state index in [-0.39, 0.29) is 27.4 Å². The molecule has 0 aliphatic heterocycles. The summed E-state index contributed by atoms with van der Waals surface area (Å²) in [5.41, 5.74) is 2.26. The Kier molecular flexibility index (Phi) is 28.3. The van der Waals surface area contributed by atoms with E-state index in [2.05, 4.69) is 77.5 Å². The highest BCUT2D eigenvalue weighted by Crippen LogP contribution is 2.17. The molecule has 0 amide bonds. The van der Waals surface area contributed by atoms with Crippen LogP contribution < -0.4 is 0 Å². The predicted molar refractivity (Wildman–Crippen MR) is 145 cm³/mol. The summed E-state index contributed by atoms with van der Waals surface area (Å²) in [5, 5.41) is 8.67. The summed E-state index contributed by atoms with van der Waals surface area (Å²) in [4.78, 5) is 11.0. The maximum atomic E-state index is 11.0. The third-order valence-electron chi connectivity index (χ3n) is 5.85. The summed E-state index contributed by atoms with van der Waals surface area (Å²) >= 11 is 0. The number of aliphatic hydroxyl groups excluding tert-OH is 1. The minimum absolute atomic E-state index is 0. The quantitative estimate of drug-likeness (QED) is 0.183. The van der Waals surface area contributed by atoms with Gasteiger partial charge in [0.05, 0.1) is 13.7 Å². The van der Waals surface area contributed by atoms with Gasteiger partial charge < -0.3 is 9.84 Å². The molecule has 0 aromatic heterocycles. The van der Waals surface area contributed by atoms with Gasteiger partial charge >= 0.3 is 5.97 Å². The molecule has 0 heterocycles. The zero-order valence-corrected chi connectivity index (χ0v) is 21.1. The number of carbonyl (C=O) groups is 1. The lowest BCUT2D eigenvalue weighted by atomic mass is 9.93. The lowest BCUT2D eigenvalue weighted by molar-refractivity contribution is -0.134. The zero-order chi connectivity index (χ0) is 23.5. The number of rotatable bonds is 12. The second-order valence-electron chi connectivity index (χ2n) is 8.50. The average molecular weight is 453 g/mol. The fourth-order valence-electron chi connectivity index (χ4n) is 2.62. The van der Waals surface area contributed by atoms with Gasteiger partial charge in [-0.15, -0.1) is 0 Å². The Labute approximate surface area is 201 Å². The van der Waals surface area contributed by atoms with E-state index in [4.69, 9.17) is 5.11 Å². The van der Waals surface area contributed by atoms with Crippen molar-refractivity contribution in [3.8, 4) is 0 Å². The molecule has 0 bridgehead atoms. The predicted octanol–water partition coefficient (Wildman–Crippen LogP) is 8.56. The van der Waals surface area contributed by atoms with E-state index in [0.29, 0.717) is 17.8 Å². The van der Waals surface area contributed by atoms with Crippen LogP contribution in [0.4, 0.5) is 0 Å². The number of methoxy groups -OCH3 is 1. The van der Waals surface area contributed by atoms with Gasteiger partial charge in [-0.2, -0.15) is 0 Å². The Morgan fingerprint density at radius 3 is 1.59 bits per heavy atom. The first-order chi connectivity index (χ1) is 14.1. The average Bonchev–Trinajstić information content (AvgIpc) is 2.72. The highest BCUT2D eigenvalue weighted by atomic mass is 16.5. The van der Waals surface area contributed by atoms with Crippen molar-refractivity contribution in [3.05, 3.63) is 47.6 Å². The zero-order valence-electron chi connectivity index (χ0n) is 21.1. The smallest absolute Gasteiger partial charge is 0.330 e. The van der Waals surface area contributed by atoms with E-state index in [1.807, 2.05) is 13.0 Å². The van der Waals surface area contributed by atoms with Crippen molar-refractivity contribution in [1.82, 2.24) is 0 Å². The summed E-state index contributed by atoms with van der Waals surface area (Å²) in [7, 11) is 1.40. The van der Waals surface area contributed by atoms with E-state index >= 15 is 0 Å². The molecule has 190 valence electrons. The Morgan fingerprint density at radius 2 is 1.25 bits per heavy atom. The van der Waals surface area contributed by atoms with E-state index < -0.39 is 0 Å².